The van der Waals surface area contributed by atoms with Gasteiger partial charge in [0.1, 0.15) is 5.15 Å². The number of hydrogen-bond donors (Lipinski definition) is 1. The van der Waals surface area contributed by atoms with E-state index in [9.17, 15) is 13.5 Å². The molecule has 118 valence electrons. The topological polar surface area (TPSA) is 73.7 Å². The summed E-state index contributed by atoms with van der Waals surface area (Å²) in [4.78, 5) is 6.02. The van der Waals surface area contributed by atoms with Gasteiger partial charge in [-0.25, -0.2) is 13.4 Å². The third-order valence-electron chi connectivity index (χ3n) is 3.28. The number of hydrogen-bond acceptors (Lipinski definition) is 5. The van der Waals surface area contributed by atoms with Crippen LogP contribution in [0.5, 0.6) is 0 Å². The monoisotopic (exact) mass is 333 g/mol. The zero-order chi connectivity index (χ0) is 15.7. The van der Waals surface area contributed by atoms with Crippen molar-refractivity contribution in [2.24, 2.45) is 0 Å². The Morgan fingerprint density at radius 1 is 1.33 bits per heavy atom. The summed E-state index contributed by atoms with van der Waals surface area (Å²) in [6.07, 6.45) is 1.39. The van der Waals surface area contributed by atoms with Gasteiger partial charge in [-0.3, -0.25) is 4.90 Å². The Hall–Kier alpha value is -0.730. The highest BCUT2D eigenvalue weighted by atomic mass is 35.5. The molecule has 0 spiro atoms. The normalized spacial score (nSPS) is 18.9. The number of rotatable bonds is 4. The number of aromatic nitrogens is 1. The number of nitrogens with zero attached hydrogens (tertiary/aromatic N) is 3. The van der Waals surface area contributed by atoms with E-state index >= 15 is 0 Å². The van der Waals surface area contributed by atoms with Crippen LogP contribution in [-0.2, 0) is 10.0 Å². The smallest absolute Gasteiger partial charge is 0.243 e. The lowest BCUT2D eigenvalue weighted by Gasteiger charge is -2.36. The van der Waals surface area contributed by atoms with Crippen molar-refractivity contribution in [1.82, 2.24) is 14.2 Å². The van der Waals surface area contributed by atoms with Gasteiger partial charge < -0.3 is 5.11 Å². The highest BCUT2D eigenvalue weighted by Crippen LogP contribution is 2.20. The van der Waals surface area contributed by atoms with Crippen LogP contribution in [0.3, 0.4) is 0 Å². The lowest BCUT2D eigenvalue weighted by Crippen LogP contribution is -2.51. The third kappa shape index (κ3) is 4.37. The van der Waals surface area contributed by atoms with E-state index in [0.29, 0.717) is 32.7 Å². The van der Waals surface area contributed by atoms with E-state index in [0.717, 1.165) is 0 Å². The molecule has 1 aromatic rings. The van der Waals surface area contributed by atoms with Crippen LogP contribution in [0.25, 0.3) is 0 Å². The first-order chi connectivity index (χ1) is 9.68. The molecule has 2 heterocycles. The maximum absolute atomic E-state index is 12.5. The molecule has 2 rings (SSSR count). The number of piperazine rings is 1. The maximum atomic E-state index is 12.5. The fourth-order valence-corrected chi connectivity index (χ4v) is 4.04. The molecule has 1 aliphatic rings. The fraction of sp³-hybridized carbons (Fsp3) is 0.615. The molecule has 8 heteroatoms. The van der Waals surface area contributed by atoms with Crippen LogP contribution < -0.4 is 0 Å². The van der Waals surface area contributed by atoms with Crippen LogP contribution in [0.15, 0.2) is 23.2 Å². The Balaban J connectivity index is 2.05. The van der Waals surface area contributed by atoms with Crippen molar-refractivity contribution in [1.29, 1.82) is 0 Å². The average molecular weight is 334 g/mol. The first kappa shape index (κ1) is 16.6. The minimum absolute atomic E-state index is 0.164. The summed E-state index contributed by atoms with van der Waals surface area (Å²) in [5.74, 6) is 0. The Bertz CT molecular complexity index is 593. The van der Waals surface area contributed by atoms with Gasteiger partial charge in [-0.2, -0.15) is 4.31 Å². The third-order valence-corrected chi connectivity index (χ3v) is 5.38. The minimum Gasteiger partial charge on any atom is -0.389 e. The van der Waals surface area contributed by atoms with E-state index in [1.807, 2.05) is 0 Å². The summed E-state index contributed by atoms with van der Waals surface area (Å²) in [6.45, 7) is 6.02. The van der Waals surface area contributed by atoms with Crippen molar-refractivity contribution >= 4 is 21.6 Å². The van der Waals surface area contributed by atoms with Gasteiger partial charge in [0.05, 0.1) is 10.5 Å². The number of pyridine rings is 1. The second-order valence-electron chi connectivity index (χ2n) is 5.81. The van der Waals surface area contributed by atoms with E-state index in [-0.39, 0.29) is 10.0 Å². The maximum Gasteiger partial charge on any atom is 0.243 e. The first-order valence-corrected chi connectivity index (χ1v) is 8.57. The standard InChI is InChI=1S/C13H20ClN3O3S/c1-13(2,18)10-16-5-7-17(8-6-16)21(19,20)11-3-4-15-12(14)9-11/h3-4,9,18H,5-8,10H2,1-2H3. The van der Waals surface area contributed by atoms with Gasteiger partial charge in [0, 0.05) is 38.9 Å². The van der Waals surface area contributed by atoms with Crippen molar-refractivity contribution in [2.75, 3.05) is 32.7 Å². The molecule has 0 amide bonds. The molecule has 0 saturated carbocycles. The molecule has 1 aromatic heterocycles. The van der Waals surface area contributed by atoms with Crippen molar-refractivity contribution in [3.63, 3.8) is 0 Å². The van der Waals surface area contributed by atoms with Crippen LogP contribution >= 0.6 is 11.6 Å². The molecule has 0 aliphatic carbocycles. The molecule has 1 saturated heterocycles. The van der Waals surface area contributed by atoms with Crippen molar-refractivity contribution in [3.05, 3.63) is 23.5 Å². The van der Waals surface area contributed by atoms with E-state index in [1.54, 1.807) is 13.8 Å². The highest BCUT2D eigenvalue weighted by molar-refractivity contribution is 7.89. The molecule has 1 N–H and O–H groups in total. The number of halogens is 1. The van der Waals surface area contributed by atoms with Crippen LogP contribution in [0.2, 0.25) is 5.15 Å². The predicted octanol–water partition coefficient (Wildman–Crippen LogP) is 0.812. The Morgan fingerprint density at radius 2 is 1.95 bits per heavy atom. The number of aliphatic hydroxyl groups is 1. The van der Waals surface area contributed by atoms with Gasteiger partial charge in [0.15, 0.2) is 0 Å². The van der Waals surface area contributed by atoms with E-state index in [2.05, 4.69) is 9.88 Å². The van der Waals surface area contributed by atoms with E-state index in [1.165, 1.54) is 22.6 Å². The van der Waals surface area contributed by atoms with Crippen LogP contribution in [0.4, 0.5) is 0 Å². The summed E-state index contributed by atoms with van der Waals surface area (Å²) in [6, 6.07) is 2.81. The summed E-state index contributed by atoms with van der Waals surface area (Å²) in [7, 11) is -3.53. The summed E-state index contributed by atoms with van der Waals surface area (Å²) < 4.78 is 26.4. The summed E-state index contributed by atoms with van der Waals surface area (Å²) >= 11 is 5.76. The lowest BCUT2D eigenvalue weighted by atomic mass is 10.1. The number of β-amino-alcohol motifs (C(OH)–C–C–N with tert-alkyl or cyclic N) is 1. The van der Waals surface area contributed by atoms with Crippen molar-refractivity contribution in [2.45, 2.75) is 24.3 Å². The zero-order valence-corrected chi connectivity index (χ0v) is 13.7. The Kier molecular flexibility index (Phi) is 4.89. The van der Waals surface area contributed by atoms with E-state index < -0.39 is 15.6 Å². The molecule has 6 nitrogen and oxygen atoms in total. The first-order valence-electron chi connectivity index (χ1n) is 6.75. The van der Waals surface area contributed by atoms with Gasteiger partial charge in [-0.1, -0.05) is 11.6 Å². The molecular weight excluding hydrogens is 314 g/mol. The van der Waals surface area contributed by atoms with Gasteiger partial charge in [0.25, 0.3) is 0 Å². The molecule has 1 aliphatic heterocycles. The van der Waals surface area contributed by atoms with Crippen LogP contribution in [0.1, 0.15) is 13.8 Å². The highest BCUT2D eigenvalue weighted by Gasteiger charge is 2.30. The molecule has 0 radical (unpaired) electrons. The predicted molar refractivity (Wildman–Crippen MR) is 80.7 cm³/mol. The van der Waals surface area contributed by atoms with Crippen LogP contribution in [-0.4, -0.2) is 66.0 Å². The Morgan fingerprint density at radius 3 is 2.48 bits per heavy atom. The molecule has 0 bridgehead atoms. The number of sulfonamides is 1. The van der Waals surface area contributed by atoms with Crippen molar-refractivity contribution in [3.8, 4) is 0 Å². The Labute approximate surface area is 130 Å². The summed E-state index contributed by atoms with van der Waals surface area (Å²) in [5.41, 5.74) is -0.778. The molecule has 0 unspecified atom stereocenters. The van der Waals surface area contributed by atoms with Gasteiger partial charge >= 0.3 is 0 Å². The van der Waals surface area contributed by atoms with Gasteiger partial charge in [0.2, 0.25) is 10.0 Å². The van der Waals surface area contributed by atoms with Gasteiger partial charge in [-0.05, 0) is 26.0 Å². The van der Waals surface area contributed by atoms with Crippen molar-refractivity contribution < 1.29 is 13.5 Å². The SMILES string of the molecule is CC(C)(O)CN1CCN(S(=O)(=O)c2ccnc(Cl)c2)CC1. The van der Waals surface area contributed by atoms with Crippen LogP contribution in [0, 0.1) is 0 Å². The van der Waals surface area contributed by atoms with E-state index in [4.69, 9.17) is 11.6 Å². The second kappa shape index (κ2) is 6.18. The minimum atomic E-state index is -3.53. The van der Waals surface area contributed by atoms with Gasteiger partial charge in [-0.15, -0.1) is 0 Å². The zero-order valence-electron chi connectivity index (χ0n) is 12.2. The lowest BCUT2D eigenvalue weighted by molar-refractivity contribution is 0.0263. The average Bonchev–Trinajstić information content (AvgIpc) is 2.37. The fourth-order valence-electron chi connectivity index (χ4n) is 2.37. The molecule has 21 heavy (non-hydrogen) atoms. The molecule has 0 atom stereocenters. The summed E-state index contributed by atoms with van der Waals surface area (Å²) in [5, 5.41) is 9.97. The molecule has 1 fully saturated rings. The molecule has 0 aromatic carbocycles. The molecular formula is C13H20ClN3O3S. The largest absolute Gasteiger partial charge is 0.389 e. The quantitative estimate of drug-likeness (QED) is 0.825. The second-order valence-corrected chi connectivity index (χ2v) is 8.13.